The van der Waals surface area contributed by atoms with Crippen molar-refractivity contribution < 1.29 is 17.6 Å². The third-order valence-electron chi connectivity index (χ3n) is 3.20. The molecule has 0 saturated carbocycles. The highest BCUT2D eigenvalue weighted by Gasteiger charge is 2.22. The fourth-order valence-corrected chi connectivity index (χ4v) is 3.53. The zero-order valence-corrected chi connectivity index (χ0v) is 12.9. The van der Waals surface area contributed by atoms with Gasteiger partial charge in [-0.25, -0.2) is 17.5 Å². The van der Waals surface area contributed by atoms with Gasteiger partial charge in [0.25, 0.3) is 0 Å². The van der Waals surface area contributed by atoms with Gasteiger partial charge in [-0.15, -0.1) is 0 Å². The van der Waals surface area contributed by atoms with Gasteiger partial charge in [0.2, 0.25) is 15.9 Å². The molecule has 0 radical (unpaired) electrons. The minimum absolute atomic E-state index is 0.0515. The van der Waals surface area contributed by atoms with E-state index >= 15 is 0 Å². The van der Waals surface area contributed by atoms with E-state index in [1.165, 1.54) is 18.2 Å². The molecule has 0 aliphatic carbocycles. The summed E-state index contributed by atoms with van der Waals surface area (Å²) in [4.78, 5) is 10.8. The van der Waals surface area contributed by atoms with Crippen LogP contribution in [0.5, 0.6) is 0 Å². The van der Waals surface area contributed by atoms with Crippen molar-refractivity contribution in [1.82, 2.24) is 9.29 Å². The van der Waals surface area contributed by atoms with Crippen molar-refractivity contribution in [2.45, 2.75) is 18.7 Å². The maximum absolute atomic E-state index is 13.0. The molecule has 0 aliphatic rings. The van der Waals surface area contributed by atoms with Crippen molar-refractivity contribution in [3.8, 4) is 5.69 Å². The van der Waals surface area contributed by atoms with Crippen molar-refractivity contribution in [3.63, 3.8) is 0 Å². The second-order valence-corrected chi connectivity index (χ2v) is 6.57. The molecule has 0 unspecified atom stereocenters. The standard InChI is InChI=1S/C14H16FN3O3S/c1-9-7-13(22(20,21)17-8-14(16)19)10(2)18(9)12-5-3-11(15)4-6-12/h3-7,17H,8H2,1-2H3,(H2,16,19). The lowest BCUT2D eigenvalue weighted by Crippen LogP contribution is -2.33. The Morgan fingerprint density at radius 3 is 2.41 bits per heavy atom. The first-order chi connectivity index (χ1) is 10.2. The predicted molar refractivity (Wildman–Crippen MR) is 79.6 cm³/mol. The number of carbonyl (C=O) groups excluding carboxylic acids is 1. The molecule has 0 fully saturated rings. The van der Waals surface area contributed by atoms with Gasteiger partial charge in [0.1, 0.15) is 10.7 Å². The van der Waals surface area contributed by atoms with Crippen LogP contribution in [0.4, 0.5) is 4.39 Å². The van der Waals surface area contributed by atoms with E-state index < -0.39 is 22.5 Å². The third kappa shape index (κ3) is 3.18. The molecule has 2 aromatic rings. The molecule has 0 aliphatic heterocycles. The van der Waals surface area contributed by atoms with E-state index in [4.69, 9.17) is 5.73 Å². The van der Waals surface area contributed by atoms with Crippen LogP contribution in [0.25, 0.3) is 5.69 Å². The Labute approximate surface area is 127 Å². The summed E-state index contributed by atoms with van der Waals surface area (Å²) in [6, 6.07) is 7.20. The van der Waals surface area contributed by atoms with E-state index in [2.05, 4.69) is 4.72 Å². The summed E-state index contributed by atoms with van der Waals surface area (Å²) < 4.78 is 41.3. The highest BCUT2D eigenvalue weighted by atomic mass is 32.2. The quantitative estimate of drug-likeness (QED) is 0.858. The van der Waals surface area contributed by atoms with Gasteiger partial charge in [0.05, 0.1) is 6.54 Å². The lowest BCUT2D eigenvalue weighted by Gasteiger charge is -2.10. The Kier molecular flexibility index (Phi) is 4.34. The summed E-state index contributed by atoms with van der Waals surface area (Å²) >= 11 is 0. The predicted octanol–water partition coefficient (Wildman–Crippen LogP) is 0.997. The van der Waals surface area contributed by atoms with Crippen LogP contribution in [0, 0.1) is 19.7 Å². The van der Waals surface area contributed by atoms with Crippen LogP contribution in [-0.2, 0) is 14.8 Å². The maximum Gasteiger partial charge on any atom is 0.242 e. The number of aromatic nitrogens is 1. The largest absolute Gasteiger partial charge is 0.369 e. The normalized spacial score (nSPS) is 11.6. The average molecular weight is 325 g/mol. The van der Waals surface area contributed by atoms with E-state index in [1.807, 2.05) is 0 Å². The van der Waals surface area contributed by atoms with E-state index in [9.17, 15) is 17.6 Å². The molecule has 8 heteroatoms. The zero-order chi connectivity index (χ0) is 16.5. The molecule has 118 valence electrons. The van der Waals surface area contributed by atoms with Gasteiger partial charge in [-0.3, -0.25) is 4.79 Å². The first kappa shape index (κ1) is 16.2. The Morgan fingerprint density at radius 2 is 1.86 bits per heavy atom. The molecule has 1 heterocycles. The molecule has 6 nitrogen and oxygen atoms in total. The van der Waals surface area contributed by atoms with Crippen molar-refractivity contribution in [3.05, 3.63) is 47.5 Å². The van der Waals surface area contributed by atoms with Crippen molar-refractivity contribution in [2.75, 3.05) is 6.54 Å². The second kappa shape index (κ2) is 5.90. The summed E-state index contributed by atoms with van der Waals surface area (Å²) in [7, 11) is -3.85. The van der Waals surface area contributed by atoms with Gasteiger partial charge in [-0.1, -0.05) is 0 Å². The Balaban J connectivity index is 2.47. The Bertz CT molecular complexity index is 811. The number of rotatable bonds is 5. The minimum Gasteiger partial charge on any atom is -0.369 e. The van der Waals surface area contributed by atoms with E-state index in [-0.39, 0.29) is 10.7 Å². The van der Waals surface area contributed by atoms with Crippen LogP contribution < -0.4 is 10.5 Å². The molecule has 2 rings (SSSR count). The molecule has 0 spiro atoms. The maximum atomic E-state index is 13.0. The number of hydrogen-bond acceptors (Lipinski definition) is 3. The lowest BCUT2D eigenvalue weighted by atomic mass is 10.3. The minimum atomic E-state index is -3.85. The lowest BCUT2D eigenvalue weighted by molar-refractivity contribution is -0.116. The summed E-state index contributed by atoms with van der Waals surface area (Å²) in [6.07, 6.45) is 0. The number of benzene rings is 1. The van der Waals surface area contributed by atoms with Crippen LogP contribution in [-0.4, -0.2) is 25.4 Å². The number of sulfonamides is 1. The molecule has 0 atom stereocenters. The van der Waals surface area contributed by atoms with Crippen LogP contribution >= 0.6 is 0 Å². The van der Waals surface area contributed by atoms with Gasteiger partial charge in [0, 0.05) is 17.1 Å². The van der Waals surface area contributed by atoms with Gasteiger partial charge >= 0.3 is 0 Å². The van der Waals surface area contributed by atoms with Gasteiger partial charge in [0.15, 0.2) is 0 Å². The number of nitrogens with one attached hydrogen (secondary N) is 1. The van der Waals surface area contributed by atoms with Crippen molar-refractivity contribution >= 4 is 15.9 Å². The highest BCUT2D eigenvalue weighted by Crippen LogP contribution is 2.24. The molecule has 3 N–H and O–H groups in total. The average Bonchev–Trinajstić information content (AvgIpc) is 2.74. The van der Waals surface area contributed by atoms with Crippen molar-refractivity contribution in [1.29, 1.82) is 0 Å². The first-order valence-electron chi connectivity index (χ1n) is 6.45. The second-order valence-electron chi connectivity index (χ2n) is 4.84. The number of halogens is 1. The van der Waals surface area contributed by atoms with E-state index in [0.29, 0.717) is 17.1 Å². The number of aryl methyl sites for hydroxylation is 1. The molecule has 1 aromatic heterocycles. The molecule has 1 aromatic carbocycles. The summed E-state index contributed by atoms with van der Waals surface area (Å²) in [5, 5.41) is 0. The fourth-order valence-electron chi connectivity index (χ4n) is 2.24. The van der Waals surface area contributed by atoms with E-state index in [1.54, 1.807) is 30.5 Å². The number of nitrogens with zero attached hydrogens (tertiary/aromatic N) is 1. The highest BCUT2D eigenvalue weighted by molar-refractivity contribution is 7.89. The number of hydrogen-bond donors (Lipinski definition) is 2. The number of amides is 1. The van der Waals surface area contributed by atoms with Crippen molar-refractivity contribution in [2.24, 2.45) is 5.73 Å². The van der Waals surface area contributed by atoms with Gasteiger partial charge in [-0.2, -0.15) is 0 Å². The number of primary amides is 1. The van der Waals surface area contributed by atoms with Gasteiger partial charge in [-0.05, 0) is 44.2 Å². The monoisotopic (exact) mass is 325 g/mol. The molecular weight excluding hydrogens is 309 g/mol. The Morgan fingerprint density at radius 1 is 1.27 bits per heavy atom. The molecule has 22 heavy (non-hydrogen) atoms. The molecular formula is C14H16FN3O3S. The molecule has 0 bridgehead atoms. The summed E-state index contributed by atoms with van der Waals surface area (Å²) in [6.45, 7) is 2.90. The number of carbonyl (C=O) groups is 1. The third-order valence-corrected chi connectivity index (χ3v) is 4.71. The van der Waals surface area contributed by atoms with Crippen LogP contribution in [0.15, 0.2) is 35.2 Å². The summed E-state index contributed by atoms with van der Waals surface area (Å²) in [5.74, 6) is -1.14. The first-order valence-corrected chi connectivity index (χ1v) is 7.93. The van der Waals surface area contributed by atoms with Gasteiger partial charge < -0.3 is 10.3 Å². The summed E-state index contributed by atoms with van der Waals surface area (Å²) in [5.41, 5.74) is 6.72. The Hall–Kier alpha value is -2.19. The zero-order valence-electron chi connectivity index (χ0n) is 12.1. The smallest absolute Gasteiger partial charge is 0.242 e. The SMILES string of the molecule is Cc1cc(S(=O)(=O)NCC(N)=O)c(C)n1-c1ccc(F)cc1. The van der Waals surface area contributed by atoms with Crippen LogP contribution in [0.1, 0.15) is 11.4 Å². The van der Waals surface area contributed by atoms with E-state index in [0.717, 1.165) is 0 Å². The molecule has 1 amide bonds. The van der Waals surface area contributed by atoms with Crippen LogP contribution in [0.2, 0.25) is 0 Å². The fraction of sp³-hybridized carbons (Fsp3) is 0.214. The van der Waals surface area contributed by atoms with Crippen LogP contribution in [0.3, 0.4) is 0 Å². The topological polar surface area (TPSA) is 94.2 Å². The number of nitrogens with two attached hydrogens (primary N) is 1. The molecule has 0 saturated heterocycles.